The van der Waals surface area contributed by atoms with Crippen LogP contribution < -0.4 is 0 Å². The number of ether oxygens (including phenoxy) is 1. The van der Waals surface area contributed by atoms with Gasteiger partial charge in [-0.15, -0.1) is 0 Å². The third kappa shape index (κ3) is 4.22. The molecule has 0 atom stereocenters. The van der Waals surface area contributed by atoms with Crippen LogP contribution in [-0.2, 0) is 29.6 Å². The Morgan fingerprint density at radius 3 is 1.70 bits per heavy atom. The summed E-state index contributed by atoms with van der Waals surface area (Å²) in [5, 5.41) is 2.30. The number of hydrogen-bond acceptors (Lipinski definition) is 7. The molecule has 4 aliphatic carbocycles. The van der Waals surface area contributed by atoms with Crippen LogP contribution in [0, 0.1) is 23.2 Å². The van der Waals surface area contributed by atoms with Gasteiger partial charge in [0.2, 0.25) is 0 Å². The first-order chi connectivity index (χ1) is 14.8. The Kier molecular flexibility index (Phi) is 6.33. The van der Waals surface area contributed by atoms with Crippen molar-refractivity contribution in [3.63, 3.8) is 0 Å². The molecule has 0 aromatic carbocycles. The molecule has 0 saturated heterocycles. The first-order valence-corrected chi connectivity index (χ1v) is 12.6. The van der Waals surface area contributed by atoms with Gasteiger partial charge < -0.3 is 4.74 Å². The molecule has 4 saturated carbocycles. The fourth-order valence-electron chi connectivity index (χ4n) is 5.44. The number of alkyl halides is 7. The molecular formula is C16H20F7NO7S2. The Hall–Kier alpha value is -1.20. The summed E-state index contributed by atoms with van der Waals surface area (Å²) in [6, 6.07) is 0. The maximum Gasteiger partial charge on any atom is 0.514 e. The van der Waals surface area contributed by atoms with E-state index in [1.807, 2.05) is 0 Å². The first kappa shape index (κ1) is 26.4. The summed E-state index contributed by atoms with van der Waals surface area (Å²) in [5.74, 6) is -5.83. The number of hydrogen-bond donors (Lipinski definition) is 1. The molecular weight excluding hydrogens is 515 g/mol. The molecule has 4 bridgehead atoms. The minimum Gasteiger partial charge on any atom is -0.465 e. The van der Waals surface area contributed by atoms with Crippen LogP contribution in [0.25, 0.3) is 0 Å². The lowest BCUT2D eigenvalue weighted by Gasteiger charge is -2.55. The molecule has 0 radical (unpaired) electrons. The standard InChI is InChI=1S/C16H20F7NO7S2/c17-14(18,15(19,20)32(27,28)24(26)33(29,30)16(21,22)23)1-2-31-12(25)13-6-9-3-10(7-13)5-11(4-9)8-13/h9-11,26H,1-8H2. The molecule has 0 heterocycles. The Morgan fingerprint density at radius 1 is 0.879 bits per heavy atom. The van der Waals surface area contributed by atoms with Crippen LogP contribution in [-0.4, -0.2) is 55.2 Å². The van der Waals surface area contributed by atoms with Crippen molar-refractivity contribution in [1.29, 1.82) is 0 Å². The molecule has 8 nitrogen and oxygen atoms in total. The molecule has 0 amide bonds. The van der Waals surface area contributed by atoms with Crippen molar-refractivity contribution in [2.75, 3.05) is 6.61 Å². The maximum absolute atomic E-state index is 14.0. The van der Waals surface area contributed by atoms with E-state index in [2.05, 4.69) is 0 Å². The van der Waals surface area contributed by atoms with Crippen molar-refractivity contribution in [2.24, 2.45) is 23.2 Å². The third-order valence-electron chi connectivity index (χ3n) is 6.57. The van der Waals surface area contributed by atoms with Crippen LogP contribution in [0.1, 0.15) is 44.9 Å². The van der Waals surface area contributed by atoms with Crippen LogP contribution >= 0.6 is 0 Å². The van der Waals surface area contributed by atoms with Crippen LogP contribution in [0.15, 0.2) is 0 Å². The molecule has 1 N–H and O–H groups in total. The predicted octanol–water partition coefficient (Wildman–Crippen LogP) is 3.23. The molecule has 4 aliphatic rings. The number of esters is 1. The zero-order chi connectivity index (χ0) is 25.3. The van der Waals surface area contributed by atoms with Gasteiger partial charge in [-0.3, -0.25) is 10.0 Å². The number of sulfonamides is 2. The van der Waals surface area contributed by atoms with E-state index < -0.39 is 65.0 Å². The largest absolute Gasteiger partial charge is 0.514 e. The second-order valence-corrected chi connectivity index (χ2v) is 12.7. The van der Waals surface area contributed by atoms with Gasteiger partial charge in [0.1, 0.15) is 0 Å². The minimum atomic E-state index is -7.47. The highest BCUT2D eigenvalue weighted by Gasteiger charge is 2.71. The van der Waals surface area contributed by atoms with Crippen molar-refractivity contribution in [2.45, 2.75) is 61.6 Å². The fraction of sp³-hybridized carbons (Fsp3) is 0.938. The number of rotatable bonds is 8. The van der Waals surface area contributed by atoms with Crippen LogP contribution in [0.5, 0.6) is 0 Å². The average molecular weight is 535 g/mol. The zero-order valence-corrected chi connectivity index (χ0v) is 18.3. The summed E-state index contributed by atoms with van der Waals surface area (Å²) in [5.41, 5.74) is -7.52. The van der Waals surface area contributed by atoms with E-state index in [-0.39, 0.29) is 17.8 Å². The highest BCUT2D eigenvalue weighted by Crippen LogP contribution is 2.60. The van der Waals surface area contributed by atoms with Crippen LogP contribution in [0.3, 0.4) is 0 Å². The highest BCUT2D eigenvalue weighted by atomic mass is 32.3. The quantitative estimate of drug-likeness (QED) is 0.288. The number of halogens is 7. The minimum absolute atomic E-state index is 0.255. The van der Waals surface area contributed by atoms with Gasteiger partial charge in [0.05, 0.1) is 18.4 Å². The van der Waals surface area contributed by atoms with E-state index in [1.165, 1.54) is 0 Å². The summed E-state index contributed by atoms with van der Waals surface area (Å²) in [7, 11) is -14.8. The summed E-state index contributed by atoms with van der Waals surface area (Å²) in [4.78, 5) is 12.6. The molecule has 4 fully saturated rings. The molecule has 0 aromatic heterocycles. The van der Waals surface area contributed by atoms with E-state index in [0.717, 1.165) is 19.3 Å². The highest BCUT2D eigenvalue weighted by molar-refractivity contribution is 8.04. The third-order valence-corrected chi connectivity index (χ3v) is 10.1. The van der Waals surface area contributed by atoms with Crippen LogP contribution in [0.4, 0.5) is 30.7 Å². The fourth-order valence-corrected chi connectivity index (χ4v) is 7.86. The molecule has 0 aliphatic heterocycles. The second kappa shape index (κ2) is 7.91. The number of nitrogens with zero attached hydrogens (tertiary/aromatic N) is 1. The van der Waals surface area contributed by atoms with E-state index in [1.54, 1.807) is 0 Å². The van der Waals surface area contributed by atoms with Crippen LogP contribution in [0.2, 0.25) is 0 Å². The van der Waals surface area contributed by atoms with Crippen molar-refractivity contribution < 1.29 is 62.3 Å². The number of carbonyl (C=O) groups is 1. The first-order valence-electron chi connectivity index (χ1n) is 9.75. The van der Waals surface area contributed by atoms with Gasteiger partial charge >= 0.3 is 42.7 Å². The Balaban J connectivity index is 1.69. The SMILES string of the molecule is O=C(OCCC(F)(F)C(F)(F)S(=O)(=O)N(O)S(=O)(=O)C(F)(F)F)C12CC3CC(CC(C3)C1)C2. The van der Waals surface area contributed by atoms with Crippen molar-refractivity contribution >= 4 is 26.0 Å². The Bertz CT molecular complexity index is 975. The van der Waals surface area contributed by atoms with E-state index in [0.29, 0.717) is 19.3 Å². The number of carbonyl (C=O) groups excluding carboxylic acids is 1. The molecule has 33 heavy (non-hydrogen) atoms. The smallest absolute Gasteiger partial charge is 0.465 e. The second-order valence-electron chi connectivity index (χ2n) is 8.94. The monoisotopic (exact) mass is 535 g/mol. The van der Waals surface area contributed by atoms with Crippen molar-refractivity contribution in [1.82, 2.24) is 3.87 Å². The van der Waals surface area contributed by atoms with Crippen molar-refractivity contribution in [3.8, 4) is 0 Å². The molecule has 4 rings (SSSR count). The Labute approximate surface area is 184 Å². The normalized spacial score (nSPS) is 30.6. The molecule has 0 aromatic rings. The summed E-state index contributed by atoms with van der Waals surface area (Å²) in [6.45, 7) is -1.41. The zero-order valence-electron chi connectivity index (χ0n) is 16.7. The lowest BCUT2D eigenvalue weighted by atomic mass is 9.49. The average Bonchev–Trinajstić information content (AvgIpc) is 2.64. The molecule has 0 spiro atoms. The van der Waals surface area contributed by atoms with Crippen molar-refractivity contribution in [3.05, 3.63) is 0 Å². The summed E-state index contributed by atoms with van der Waals surface area (Å²) >= 11 is 0. The topological polar surface area (TPSA) is 118 Å². The lowest BCUT2D eigenvalue weighted by Crippen LogP contribution is -2.56. The molecule has 0 unspecified atom stereocenters. The Morgan fingerprint density at radius 2 is 1.30 bits per heavy atom. The maximum atomic E-state index is 14.0. The van der Waals surface area contributed by atoms with Gasteiger partial charge in [-0.05, 0) is 56.3 Å². The van der Waals surface area contributed by atoms with E-state index in [9.17, 15) is 52.4 Å². The van der Waals surface area contributed by atoms with Gasteiger partial charge in [-0.1, -0.05) is 0 Å². The van der Waals surface area contributed by atoms with E-state index >= 15 is 0 Å². The van der Waals surface area contributed by atoms with Gasteiger partial charge in [-0.2, -0.15) is 39.2 Å². The summed E-state index contributed by atoms with van der Waals surface area (Å²) < 4.78 is 140. The van der Waals surface area contributed by atoms with Gasteiger partial charge in [0, 0.05) is 3.87 Å². The summed E-state index contributed by atoms with van der Waals surface area (Å²) in [6.07, 6.45) is 1.97. The van der Waals surface area contributed by atoms with E-state index in [4.69, 9.17) is 9.94 Å². The lowest BCUT2D eigenvalue weighted by molar-refractivity contribution is -0.186. The van der Waals surface area contributed by atoms with Gasteiger partial charge in [0.25, 0.3) is 0 Å². The predicted molar refractivity (Wildman–Crippen MR) is 93.6 cm³/mol. The molecule has 192 valence electrons. The van der Waals surface area contributed by atoms with Gasteiger partial charge in [-0.25, -0.2) is 8.42 Å². The van der Waals surface area contributed by atoms with Gasteiger partial charge in [0.15, 0.2) is 0 Å². The molecule has 17 heteroatoms.